The fourth-order valence-corrected chi connectivity index (χ4v) is 6.22. The molecule has 0 heterocycles. The first kappa shape index (κ1) is 35.8. The van der Waals surface area contributed by atoms with Crippen LogP contribution in [0.3, 0.4) is 0 Å². The van der Waals surface area contributed by atoms with Crippen LogP contribution in [0.5, 0.6) is 5.75 Å². The van der Waals surface area contributed by atoms with Crippen molar-refractivity contribution in [1.82, 2.24) is 10.2 Å². The van der Waals surface area contributed by atoms with Crippen LogP contribution < -0.4 is 14.4 Å². The SMILES string of the molecule is CC(C)(C)NC(=O)[C@H](Cc1ccccc1)N(Cc1ccc(Cl)cc1Cl)C(=O)CN(c1ccc(OCc2ccccc2)cc1)S(C)(=O)=O. The third kappa shape index (κ3) is 10.7. The lowest BCUT2D eigenvalue weighted by Gasteiger charge is -2.35. The van der Waals surface area contributed by atoms with E-state index in [1.165, 1.54) is 4.90 Å². The number of benzene rings is 4. The van der Waals surface area contributed by atoms with Crippen LogP contribution in [0.25, 0.3) is 0 Å². The zero-order valence-corrected chi connectivity index (χ0v) is 29.1. The average Bonchev–Trinajstić information content (AvgIpc) is 3.01. The minimum atomic E-state index is -3.93. The lowest BCUT2D eigenvalue weighted by atomic mass is 10.0. The van der Waals surface area contributed by atoms with Crippen LogP contribution in [0, 0.1) is 0 Å². The second-order valence-corrected chi connectivity index (χ2v) is 15.0. The number of hydrogen-bond acceptors (Lipinski definition) is 5. The summed E-state index contributed by atoms with van der Waals surface area (Å²) in [6, 6.07) is 29.4. The molecule has 4 rings (SSSR count). The molecule has 0 saturated heterocycles. The van der Waals surface area contributed by atoms with Crippen molar-refractivity contribution in [1.29, 1.82) is 0 Å². The summed E-state index contributed by atoms with van der Waals surface area (Å²) in [5.74, 6) is -0.431. The monoisotopic (exact) mass is 695 g/mol. The molecule has 8 nitrogen and oxygen atoms in total. The van der Waals surface area contributed by atoms with Crippen molar-refractivity contribution in [3.05, 3.63) is 130 Å². The number of halogens is 2. The van der Waals surface area contributed by atoms with Gasteiger partial charge in [0.15, 0.2) is 0 Å². The Kier molecular flexibility index (Phi) is 12.0. The van der Waals surface area contributed by atoms with Gasteiger partial charge in [0.1, 0.15) is 24.9 Å². The molecule has 0 aliphatic carbocycles. The summed E-state index contributed by atoms with van der Waals surface area (Å²) in [4.78, 5) is 29.6. The molecule has 0 aliphatic heterocycles. The fraction of sp³-hybridized carbons (Fsp3) is 0.278. The second kappa shape index (κ2) is 15.7. The fourth-order valence-electron chi connectivity index (χ4n) is 4.90. The van der Waals surface area contributed by atoms with E-state index >= 15 is 0 Å². The molecule has 4 aromatic carbocycles. The van der Waals surface area contributed by atoms with Crippen LogP contribution in [0.1, 0.15) is 37.5 Å². The van der Waals surface area contributed by atoms with E-state index in [9.17, 15) is 18.0 Å². The normalized spacial score (nSPS) is 12.2. The first-order chi connectivity index (χ1) is 22.2. The number of sulfonamides is 1. The van der Waals surface area contributed by atoms with Gasteiger partial charge in [-0.25, -0.2) is 8.42 Å². The van der Waals surface area contributed by atoms with E-state index in [-0.39, 0.29) is 24.6 Å². The van der Waals surface area contributed by atoms with Crippen molar-refractivity contribution in [3.63, 3.8) is 0 Å². The van der Waals surface area contributed by atoms with Gasteiger partial charge in [0.25, 0.3) is 0 Å². The van der Waals surface area contributed by atoms with Crippen LogP contribution in [0.2, 0.25) is 10.0 Å². The van der Waals surface area contributed by atoms with E-state index in [0.717, 1.165) is 21.7 Å². The number of anilines is 1. The lowest BCUT2D eigenvalue weighted by Crippen LogP contribution is -2.56. The molecule has 47 heavy (non-hydrogen) atoms. The molecule has 1 N–H and O–H groups in total. The van der Waals surface area contributed by atoms with E-state index in [4.69, 9.17) is 27.9 Å². The summed E-state index contributed by atoms with van der Waals surface area (Å²) < 4.78 is 33.1. The molecule has 0 saturated carbocycles. The van der Waals surface area contributed by atoms with Crippen LogP contribution in [0.15, 0.2) is 103 Å². The maximum atomic E-state index is 14.3. The molecule has 0 spiro atoms. The van der Waals surface area contributed by atoms with Crippen molar-refractivity contribution in [3.8, 4) is 5.75 Å². The molecule has 0 bridgehead atoms. The molecule has 248 valence electrons. The summed E-state index contributed by atoms with van der Waals surface area (Å²) in [7, 11) is -3.93. The molecule has 11 heteroatoms. The molecule has 0 aromatic heterocycles. The Morgan fingerprint density at radius 3 is 2.00 bits per heavy atom. The van der Waals surface area contributed by atoms with Gasteiger partial charge in [-0.05, 0) is 73.9 Å². The topological polar surface area (TPSA) is 96.0 Å². The van der Waals surface area contributed by atoms with Crippen molar-refractivity contribution >= 4 is 50.7 Å². The zero-order valence-electron chi connectivity index (χ0n) is 26.8. The number of nitrogens with one attached hydrogen (secondary N) is 1. The smallest absolute Gasteiger partial charge is 0.244 e. The Hall–Kier alpha value is -4.05. The highest BCUT2D eigenvalue weighted by Gasteiger charge is 2.34. The Balaban J connectivity index is 1.68. The maximum absolute atomic E-state index is 14.3. The minimum Gasteiger partial charge on any atom is -0.489 e. The van der Waals surface area contributed by atoms with E-state index in [0.29, 0.717) is 28.0 Å². The van der Waals surface area contributed by atoms with Gasteiger partial charge in [-0.2, -0.15) is 0 Å². The molecular formula is C36H39Cl2N3O5S. The standard InChI is InChI=1S/C36H39Cl2N3O5S/c1-36(2,3)39-35(43)33(21-26-11-7-5-8-12-26)40(23-28-15-16-29(37)22-32(28)38)34(42)24-41(47(4,44)45)30-17-19-31(20-18-30)46-25-27-13-9-6-10-14-27/h5-20,22,33H,21,23-25H2,1-4H3,(H,39,43)/t33-/m0/s1. The predicted molar refractivity (Wildman–Crippen MR) is 188 cm³/mol. The van der Waals surface area contributed by atoms with E-state index in [1.54, 1.807) is 42.5 Å². The summed E-state index contributed by atoms with van der Waals surface area (Å²) in [5.41, 5.74) is 2.05. The maximum Gasteiger partial charge on any atom is 0.244 e. The summed E-state index contributed by atoms with van der Waals surface area (Å²) >= 11 is 12.7. The molecule has 0 fully saturated rings. The number of hydrogen-bond donors (Lipinski definition) is 1. The van der Waals surface area contributed by atoms with Gasteiger partial charge in [-0.1, -0.05) is 89.9 Å². The van der Waals surface area contributed by atoms with Crippen molar-refractivity contribution in [2.75, 3.05) is 17.1 Å². The van der Waals surface area contributed by atoms with Gasteiger partial charge >= 0.3 is 0 Å². The van der Waals surface area contributed by atoms with Gasteiger partial charge in [0.05, 0.1) is 11.9 Å². The van der Waals surface area contributed by atoms with E-state index < -0.39 is 34.1 Å². The number of rotatable bonds is 13. The van der Waals surface area contributed by atoms with E-state index in [2.05, 4.69) is 5.32 Å². The van der Waals surface area contributed by atoms with Crippen LogP contribution in [-0.2, 0) is 39.2 Å². The number of carbonyl (C=O) groups is 2. The summed E-state index contributed by atoms with van der Waals surface area (Å²) in [6.45, 7) is 5.29. The zero-order chi connectivity index (χ0) is 34.2. The highest BCUT2D eigenvalue weighted by atomic mass is 35.5. The largest absolute Gasteiger partial charge is 0.489 e. The quantitative estimate of drug-likeness (QED) is 0.164. The lowest BCUT2D eigenvalue weighted by molar-refractivity contribution is -0.140. The molecule has 0 unspecified atom stereocenters. The van der Waals surface area contributed by atoms with Gasteiger partial charge in [-0.3, -0.25) is 13.9 Å². The Morgan fingerprint density at radius 2 is 1.45 bits per heavy atom. The van der Waals surface area contributed by atoms with Gasteiger partial charge in [0.2, 0.25) is 21.8 Å². The van der Waals surface area contributed by atoms with Crippen molar-refractivity contribution < 1.29 is 22.7 Å². The number of nitrogens with zero attached hydrogens (tertiary/aromatic N) is 2. The Bertz CT molecular complexity index is 1760. The van der Waals surface area contributed by atoms with Gasteiger partial charge in [0, 0.05) is 28.5 Å². The van der Waals surface area contributed by atoms with E-state index in [1.807, 2.05) is 81.4 Å². The van der Waals surface area contributed by atoms with Crippen molar-refractivity contribution in [2.45, 2.75) is 51.9 Å². The Morgan fingerprint density at radius 1 is 0.851 bits per heavy atom. The third-order valence-corrected chi connectivity index (χ3v) is 8.90. The van der Waals surface area contributed by atoms with Gasteiger partial charge < -0.3 is 15.0 Å². The molecule has 1 atom stereocenters. The highest BCUT2D eigenvalue weighted by molar-refractivity contribution is 7.92. The number of ether oxygens (including phenoxy) is 1. The molecule has 0 radical (unpaired) electrons. The highest BCUT2D eigenvalue weighted by Crippen LogP contribution is 2.26. The first-order valence-corrected chi connectivity index (χ1v) is 17.6. The molecular weight excluding hydrogens is 657 g/mol. The van der Waals surface area contributed by atoms with Crippen LogP contribution >= 0.6 is 23.2 Å². The summed E-state index contributed by atoms with van der Waals surface area (Å²) in [6.07, 6.45) is 1.22. The summed E-state index contributed by atoms with van der Waals surface area (Å²) in [5, 5.41) is 3.73. The van der Waals surface area contributed by atoms with Crippen molar-refractivity contribution in [2.24, 2.45) is 0 Å². The van der Waals surface area contributed by atoms with Crippen LogP contribution in [0.4, 0.5) is 5.69 Å². The number of carbonyl (C=O) groups excluding carboxylic acids is 2. The first-order valence-electron chi connectivity index (χ1n) is 15.0. The predicted octanol–water partition coefficient (Wildman–Crippen LogP) is 6.89. The second-order valence-electron chi connectivity index (χ2n) is 12.2. The average molecular weight is 697 g/mol. The molecule has 4 aromatic rings. The Labute approximate surface area is 287 Å². The minimum absolute atomic E-state index is 0.0617. The number of amides is 2. The van der Waals surface area contributed by atoms with Crippen LogP contribution in [-0.4, -0.2) is 49.5 Å². The van der Waals surface area contributed by atoms with Gasteiger partial charge in [-0.15, -0.1) is 0 Å². The third-order valence-electron chi connectivity index (χ3n) is 7.18. The molecule has 2 amide bonds. The molecule has 0 aliphatic rings.